The Morgan fingerprint density at radius 1 is 1.26 bits per heavy atom. The van der Waals surface area contributed by atoms with Crippen molar-refractivity contribution >= 4 is 39.3 Å². The van der Waals surface area contributed by atoms with Gasteiger partial charge < -0.3 is 4.74 Å². The molecule has 0 aliphatic rings. The standard InChI is InChI=1S/C16H13N5O2/c1-2-23-16(22)18-10-7-8-14-12(9-10)15(20-21-17)11-5-3-4-6-13(11)19-14/h3-9H,2H2,1H3,(H,18,22). The number of aromatic nitrogens is 1. The average molecular weight is 307 g/mol. The molecule has 0 bridgehead atoms. The number of hydrogen-bond donors (Lipinski definition) is 1. The third kappa shape index (κ3) is 2.86. The fourth-order valence-corrected chi connectivity index (χ4v) is 2.38. The first kappa shape index (κ1) is 14.6. The van der Waals surface area contributed by atoms with Crippen LogP contribution in [0.3, 0.4) is 0 Å². The quantitative estimate of drug-likeness (QED) is 0.322. The van der Waals surface area contributed by atoms with Crippen molar-refractivity contribution in [2.75, 3.05) is 11.9 Å². The van der Waals surface area contributed by atoms with Gasteiger partial charge in [0.1, 0.15) is 0 Å². The zero-order valence-corrected chi connectivity index (χ0v) is 12.4. The van der Waals surface area contributed by atoms with Crippen LogP contribution in [0.15, 0.2) is 47.6 Å². The number of benzene rings is 2. The summed E-state index contributed by atoms with van der Waals surface area (Å²) in [4.78, 5) is 19.0. The summed E-state index contributed by atoms with van der Waals surface area (Å²) < 4.78 is 4.86. The van der Waals surface area contributed by atoms with Crippen molar-refractivity contribution in [2.45, 2.75) is 6.92 Å². The third-order valence-electron chi connectivity index (χ3n) is 3.32. The molecule has 0 fully saturated rings. The monoisotopic (exact) mass is 307 g/mol. The highest BCUT2D eigenvalue weighted by atomic mass is 16.5. The number of nitrogens with one attached hydrogen (secondary N) is 1. The summed E-state index contributed by atoms with van der Waals surface area (Å²) in [7, 11) is 0. The Labute approximate surface area is 131 Å². The Hall–Kier alpha value is -3.31. The highest BCUT2D eigenvalue weighted by molar-refractivity contribution is 6.07. The van der Waals surface area contributed by atoms with E-state index in [2.05, 4.69) is 20.3 Å². The SMILES string of the molecule is CCOC(=O)Nc1ccc2nc3ccccc3c(N=[N+]=[N-])c2c1. The van der Waals surface area contributed by atoms with Crippen molar-refractivity contribution < 1.29 is 9.53 Å². The molecule has 1 N–H and O–H groups in total. The van der Waals surface area contributed by atoms with Crippen molar-refractivity contribution in [2.24, 2.45) is 5.11 Å². The lowest BCUT2D eigenvalue weighted by Gasteiger charge is -2.09. The molecule has 2 aromatic carbocycles. The number of carbonyl (C=O) groups is 1. The van der Waals surface area contributed by atoms with Crippen LogP contribution in [-0.2, 0) is 4.74 Å². The Morgan fingerprint density at radius 3 is 2.83 bits per heavy atom. The molecule has 0 unspecified atom stereocenters. The first-order valence-corrected chi connectivity index (χ1v) is 7.04. The summed E-state index contributed by atoms with van der Waals surface area (Å²) >= 11 is 0. The molecule has 0 saturated carbocycles. The zero-order valence-electron chi connectivity index (χ0n) is 12.4. The summed E-state index contributed by atoms with van der Waals surface area (Å²) in [6.07, 6.45) is -0.536. The number of azide groups is 1. The summed E-state index contributed by atoms with van der Waals surface area (Å²) in [6, 6.07) is 12.6. The number of amides is 1. The molecule has 0 atom stereocenters. The Bertz CT molecular complexity index is 948. The average Bonchev–Trinajstić information content (AvgIpc) is 2.55. The van der Waals surface area contributed by atoms with E-state index in [0.717, 1.165) is 10.9 Å². The molecule has 7 nitrogen and oxygen atoms in total. The Balaban J connectivity index is 2.20. The van der Waals surface area contributed by atoms with Gasteiger partial charge in [0.05, 0.1) is 23.3 Å². The molecule has 1 heterocycles. The Morgan fingerprint density at radius 2 is 2.04 bits per heavy atom. The molecule has 23 heavy (non-hydrogen) atoms. The topological polar surface area (TPSA) is 100.0 Å². The minimum Gasteiger partial charge on any atom is -0.450 e. The third-order valence-corrected chi connectivity index (χ3v) is 3.32. The lowest BCUT2D eigenvalue weighted by molar-refractivity contribution is 0.168. The van der Waals surface area contributed by atoms with E-state index >= 15 is 0 Å². The number of para-hydroxylation sites is 1. The van der Waals surface area contributed by atoms with Gasteiger partial charge in [-0.1, -0.05) is 23.3 Å². The van der Waals surface area contributed by atoms with Gasteiger partial charge in [-0.2, -0.15) is 0 Å². The van der Waals surface area contributed by atoms with E-state index in [-0.39, 0.29) is 6.61 Å². The van der Waals surface area contributed by atoms with Gasteiger partial charge in [0, 0.05) is 21.4 Å². The molecule has 3 rings (SSSR count). The molecule has 1 amide bonds. The smallest absolute Gasteiger partial charge is 0.411 e. The van der Waals surface area contributed by atoms with E-state index in [0.29, 0.717) is 22.3 Å². The van der Waals surface area contributed by atoms with E-state index in [1.54, 1.807) is 25.1 Å². The number of pyridine rings is 1. The van der Waals surface area contributed by atoms with Crippen molar-refractivity contribution in [1.82, 2.24) is 4.98 Å². The predicted octanol–water partition coefficient (Wildman–Crippen LogP) is 4.90. The molecule has 0 radical (unpaired) electrons. The molecule has 7 heteroatoms. The van der Waals surface area contributed by atoms with Crippen molar-refractivity contribution in [3.8, 4) is 0 Å². The maximum atomic E-state index is 11.5. The molecular formula is C16H13N5O2. The molecule has 0 aliphatic heterocycles. The molecule has 1 aromatic heterocycles. The van der Waals surface area contributed by atoms with Crippen LogP contribution in [-0.4, -0.2) is 17.7 Å². The number of ether oxygens (including phenoxy) is 1. The fourth-order valence-electron chi connectivity index (χ4n) is 2.38. The van der Waals surface area contributed by atoms with Crippen LogP contribution in [0.2, 0.25) is 0 Å². The van der Waals surface area contributed by atoms with E-state index in [1.807, 2.05) is 24.3 Å². The first-order chi connectivity index (χ1) is 11.2. The lowest BCUT2D eigenvalue weighted by Crippen LogP contribution is -2.13. The van der Waals surface area contributed by atoms with Crippen molar-refractivity contribution in [1.29, 1.82) is 0 Å². The first-order valence-electron chi connectivity index (χ1n) is 7.04. The summed E-state index contributed by atoms with van der Waals surface area (Å²) in [5.41, 5.74) is 11.3. The zero-order chi connectivity index (χ0) is 16.2. The van der Waals surface area contributed by atoms with E-state index in [4.69, 9.17) is 10.3 Å². The number of rotatable bonds is 3. The number of fused-ring (bicyclic) bond motifs is 2. The predicted molar refractivity (Wildman–Crippen MR) is 88.7 cm³/mol. The highest BCUT2D eigenvalue weighted by Gasteiger charge is 2.09. The number of hydrogen-bond acceptors (Lipinski definition) is 4. The van der Waals surface area contributed by atoms with Gasteiger partial charge in [0.15, 0.2) is 0 Å². The Kier molecular flexibility index (Phi) is 3.95. The molecule has 114 valence electrons. The van der Waals surface area contributed by atoms with Crippen LogP contribution in [0.25, 0.3) is 32.2 Å². The minimum absolute atomic E-state index is 0.287. The maximum Gasteiger partial charge on any atom is 0.411 e. The van der Waals surface area contributed by atoms with Gasteiger partial charge in [-0.05, 0) is 36.7 Å². The largest absolute Gasteiger partial charge is 0.450 e. The normalized spacial score (nSPS) is 10.3. The second-order valence-electron chi connectivity index (χ2n) is 4.74. The van der Waals surface area contributed by atoms with Gasteiger partial charge >= 0.3 is 6.09 Å². The van der Waals surface area contributed by atoms with Crippen LogP contribution in [0.1, 0.15) is 6.92 Å². The molecular weight excluding hydrogens is 294 g/mol. The fraction of sp³-hybridized carbons (Fsp3) is 0.125. The van der Waals surface area contributed by atoms with E-state index in [9.17, 15) is 4.79 Å². The van der Waals surface area contributed by atoms with Gasteiger partial charge in [-0.15, -0.1) is 0 Å². The number of anilines is 1. The summed E-state index contributed by atoms with van der Waals surface area (Å²) in [5.74, 6) is 0. The summed E-state index contributed by atoms with van der Waals surface area (Å²) in [6.45, 7) is 2.02. The van der Waals surface area contributed by atoms with Crippen LogP contribution >= 0.6 is 0 Å². The minimum atomic E-state index is -0.536. The molecule has 0 spiro atoms. The maximum absolute atomic E-state index is 11.5. The lowest BCUT2D eigenvalue weighted by atomic mass is 10.1. The van der Waals surface area contributed by atoms with Crippen LogP contribution in [0.4, 0.5) is 16.2 Å². The van der Waals surface area contributed by atoms with Gasteiger partial charge in [-0.3, -0.25) is 5.32 Å². The van der Waals surface area contributed by atoms with Crippen LogP contribution in [0.5, 0.6) is 0 Å². The van der Waals surface area contributed by atoms with Gasteiger partial charge in [0.2, 0.25) is 0 Å². The van der Waals surface area contributed by atoms with E-state index < -0.39 is 6.09 Å². The van der Waals surface area contributed by atoms with E-state index in [1.165, 1.54) is 0 Å². The highest BCUT2D eigenvalue weighted by Crippen LogP contribution is 2.34. The second-order valence-corrected chi connectivity index (χ2v) is 4.74. The van der Waals surface area contributed by atoms with Crippen molar-refractivity contribution in [3.63, 3.8) is 0 Å². The molecule has 3 aromatic rings. The van der Waals surface area contributed by atoms with Gasteiger partial charge in [-0.25, -0.2) is 9.78 Å². The number of nitrogens with zero attached hydrogens (tertiary/aromatic N) is 4. The van der Waals surface area contributed by atoms with Crippen molar-refractivity contribution in [3.05, 3.63) is 52.9 Å². The van der Waals surface area contributed by atoms with Crippen LogP contribution < -0.4 is 5.32 Å². The molecule has 0 saturated heterocycles. The summed E-state index contributed by atoms with van der Waals surface area (Å²) in [5, 5.41) is 7.86. The molecule has 0 aliphatic carbocycles. The van der Waals surface area contributed by atoms with Gasteiger partial charge in [0.25, 0.3) is 0 Å². The number of carbonyl (C=O) groups excluding carboxylic acids is 1. The van der Waals surface area contributed by atoms with Crippen LogP contribution in [0, 0.1) is 0 Å². The second kappa shape index (κ2) is 6.21.